The number of piperidine rings is 1. The van der Waals surface area contributed by atoms with Crippen LogP contribution >= 0.6 is 24.0 Å². The summed E-state index contributed by atoms with van der Waals surface area (Å²) in [7, 11) is 4.11. The Morgan fingerprint density at radius 2 is 1.56 bits per heavy atom. The van der Waals surface area contributed by atoms with Gasteiger partial charge in [0.1, 0.15) is 0 Å². The van der Waals surface area contributed by atoms with Crippen LogP contribution in [0.5, 0.6) is 0 Å². The summed E-state index contributed by atoms with van der Waals surface area (Å²) in [5.74, 6) is 1.60. The molecule has 0 bridgehead atoms. The van der Waals surface area contributed by atoms with Crippen molar-refractivity contribution < 1.29 is 0 Å². The molecule has 7 heteroatoms. The van der Waals surface area contributed by atoms with Crippen LogP contribution in [0.2, 0.25) is 0 Å². The molecular weight excluding hydrogens is 451 g/mol. The molecule has 0 aromatic carbocycles. The van der Waals surface area contributed by atoms with Gasteiger partial charge in [-0.05, 0) is 39.7 Å². The lowest BCUT2D eigenvalue weighted by Gasteiger charge is -2.40. The summed E-state index contributed by atoms with van der Waals surface area (Å²) >= 11 is 0. The Morgan fingerprint density at radius 3 is 2.04 bits per heavy atom. The summed E-state index contributed by atoms with van der Waals surface area (Å²) < 4.78 is 0. The molecule has 0 spiro atoms. The maximum atomic E-state index is 4.48. The van der Waals surface area contributed by atoms with Gasteiger partial charge in [-0.3, -0.25) is 9.89 Å². The molecule has 2 fully saturated rings. The quantitative estimate of drug-likeness (QED) is 0.336. The second-order valence-corrected chi connectivity index (χ2v) is 8.65. The average molecular weight is 495 g/mol. The molecule has 6 nitrogen and oxygen atoms in total. The maximum Gasteiger partial charge on any atom is 0.191 e. The number of nitrogens with one attached hydrogen (secondary N) is 2. The van der Waals surface area contributed by atoms with Crippen molar-refractivity contribution in [3.05, 3.63) is 0 Å². The van der Waals surface area contributed by atoms with Gasteiger partial charge in [0.05, 0.1) is 0 Å². The first-order valence-corrected chi connectivity index (χ1v) is 10.5. The van der Waals surface area contributed by atoms with Gasteiger partial charge in [-0.1, -0.05) is 13.8 Å². The zero-order chi connectivity index (χ0) is 19.1. The van der Waals surface area contributed by atoms with E-state index in [1.807, 2.05) is 7.05 Å². The Kier molecular flexibility index (Phi) is 11.5. The van der Waals surface area contributed by atoms with E-state index in [0.717, 1.165) is 12.5 Å². The van der Waals surface area contributed by atoms with Crippen LogP contribution in [0.15, 0.2) is 4.99 Å². The number of hydrogen-bond acceptors (Lipinski definition) is 4. The lowest BCUT2D eigenvalue weighted by molar-refractivity contribution is 0.0899. The second kappa shape index (κ2) is 12.4. The largest absolute Gasteiger partial charge is 0.355 e. The fourth-order valence-corrected chi connectivity index (χ4v) is 4.09. The highest BCUT2D eigenvalue weighted by molar-refractivity contribution is 14.0. The Morgan fingerprint density at radius 1 is 0.963 bits per heavy atom. The van der Waals surface area contributed by atoms with Gasteiger partial charge >= 0.3 is 0 Å². The average Bonchev–Trinajstić information content (AvgIpc) is 2.62. The smallest absolute Gasteiger partial charge is 0.191 e. The minimum Gasteiger partial charge on any atom is -0.355 e. The van der Waals surface area contributed by atoms with Gasteiger partial charge in [-0.25, -0.2) is 0 Å². The highest BCUT2D eigenvalue weighted by Gasteiger charge is 2.26. The lowest BCUT2D eigenvalue weighted by Crippen LogP contribution is -2.56. The van der Waals surface area contributed by atoms with Crippen molar-refractivity contribution in [2.24, 2.45) is 10.9 Å². The molecule has 0 aromatic rings. The second-order valence-electron chi connectivity index (χ2n) is 8.65. The molecule has 27 heavy (non-hydrogen) atoms. The van der Waals surface area contributed by atoms with Crippen LogP contribution in [0.4, 0.5) is 0 Å². The van der Waals surface area contributed by atoms with Gasteiger partial charge in [-0.15, -0.1) is 24.0 Å². The molecule has 0 aromatic heterocycles. The van der Waals surface area contributed by atoms with Gasteiger partial charge < -0.3 is 20.4 Å². The fraction of sp³-hybridized carbons (Fsp3) is 0.950. The van der Waals surface area contributed by atoms with Crippen molar-refractivity contribution in [1.29, 1.82) is 0 Å². The molecule has 2 aliphatic rings. The van der Waals surface area contributed by atoms with E-state index in [-0.39, 0.29) is 24.0 Å². The van der Waals surface area contributed by atoms with Crippen LogP contribution in [-0.2, 0) is 0 Å². The SMILES string of the molecule is CN=C(NCC(C(C)C)N1CCN(C)CC1)NC1CCN(C(C)C)CC1.I. The van der Waals surface area contributed by atoms with Crippen molar-refractivity contribution in [2.45, 2.75) is 58.7 Å². The zero-order valence-corrected chi connectivity index (χ0v) is 20.7. The van der Waals surface area contributed by atoms with E-state index in [4.69, 9.17) is 0 Å². The molecular formula is C20H43IN6. The van der Waals surface area contributed by atoms with E-state index >= 15 is 0 Å². The molecule has 0 radical (unpaired) electrons. The van der Waals surface area contributed by atoms with Crippen molar-refractivity contribution in [3.63, 3.8) is 0 Å². The summed E-state index contributed by atoms with van der Waals surface area (Å²) in [6.07, 6.45) is 2.40. The van der Waals surface area contributed by atoms with E-state index in [2.05, 4.69) is 65.1 Å². The summed E-state index contributed by atoms with van der Waals surface area (Å²) in [6.45, 7) is 17.3. The molecule has 0 aliphatic carbocycles. The van der Waals surface area contributed by atoms with Gasteiger partial charge in [0.15, 0.2) is 5.96 Å². The van der Waals surface area contributed by atoms with E-state index in [1.165, 1.54) is 52.1 Å². The number of halogens is 1. The van der Waals surface area contributed by atoms with Crippen molar-refractivity contribution in [1.82, 2.24) is 25.3 Å². The molecule has 2 N–H and O–H groups in total. The van der Waals surface area contributed by atoms with Gasteiger partial charge in [0, 0.05) is 71.0 Å². The number of rotatable bonds is 6. The number of piperazine rings is 1. The van der Waals surface area contributed by atoms with Crippen molar-refractivity contribution in [2.75, 3.05) is 59.9 Å². The standard InChI is InChI=1S/C20H42N6.HI/c1-16(2)19(26-13-11-24(6)12-14-26)15-22-20(21-5)23-18-7-9-25(10-8-18)17(3)4;/h16-19H,7-15H2,1-6H3,(H2,21,22,23);1H. The third-order valence-electron chi connectivity index (χ3n) is 6.08. The topological polar surface area (TPSA) is 46.1 Å². The first-order valence-electron chi connectivity index (χ1n) is 10.5. The predicted octanol–water partition coefficient (Wildman–Crippen LogP) is 1.91. The van der Waals surface area contributed by atoms with Crippen LogP contribution in [0.1, 0.15) is 40.5 Å². The van der Waals surface area contributed by atoms with Gasteiger partial charge in [-0.2, -0.15) is 0 Å². The fourth-order valence-electron chi connectivity index (χ4n) is 4.09. The highest BCUT2D eigenvalue weighted by Crippen LogP contribution is 2.14. The number of hydrogen-bond donors (Lipinski definition) is 2. The van der Waals surface area contributed by atoms with E-state index in [0.29, 0.717) is 24.0 Å². The maximum absolute atomic E-state index is 4.48. The van der Waals surface area contributed by atoms with E-state index < -0.39 is 0 Å². The summed E-state index contributed by atoms with van der Waals surface area (Å²) in [4.78, 5) is 12.1. The third kappa shape index (κ3) is 8.03. The van der Waals surface area contributed by atoms with Gasteiger partial charge in [0.2, 0.25) is 0 Å². The summed E-state index contributed by atoms with van der Waals surface area (Å²) in [5, 5.41) is 7.27. The first kappa shape index (κ1) is 24.9. The van der Waals surface area contributed by atoms with Crippen LogP contribution in [0, 0.1) is 5.92 Å². The number of likely N-dealkylation sites (tertiary alicyclic amines) is 1. The van der Waals surface area contributed by atoms with Crippen LogP contribution in [0.3, 0.4) is 0 Å². The minimum absolute atomic E-state index is 0. The Balaban J connectivity index is 0.00000364. The molecule has 1 unspecified atom stereocenters. The molecule has 0 saturated carbocycles. The molecule has 2 aliphatic heterocycles. The molecule has 2 rings (SSSR count). The molecule has 0 amide bonds. The number of guanidine groups is 1. The Hall–Kier alpha value is -0.120. The number of aliphatic imine (C=N–C) groups is 1. The van der Waals surface area contributed by atoms with Gasteiger partial charge in [0.25, 0.3) is 0 Å². The van der Waals surface area contributed by atoms with Crippen molar-refractivity contribution in [3.8, 4) is 0 Å². The molecule has 2 saturated heterocycles. The number of likely N-dealkylation sites (N-methyl/N-ethyl adjacent to an activating group) is 1. The zero-order valence-electron chi connectivity index (χ0n) is 18.4. The normalized spacial score (nSPS) is 22.7. The molecule has 2 heterocycles. The monoisotopic (exact) mass is 494 g/mol. The van der Waals surface area contributed by atoms with Crippen LogP contribution in [0.25, 0.3) is 0 Å². The molecule has 160 valence electrons. The molecule has 1 atom stereocenters. The number of nitrogens with zero attached hydrogens (tertiary/aromatic N) is 4. The Labute approximate surface area is 184 Å². The van der Waals surface area contributed by atoms with E-state index in [1.54, 1.807) is 0 Å². The van der Waals surface area contributed by atoms with Crippen LogP contribution < -0.4 is 10.6 Å². The minimum atomic E-state index is 0. The third-order valence-corrected chi connectivity index (χ3v) is 6.08. The summed E-state index contributed by atoms with van der Waals surface area (Å²) in [6, 6.07) is 1.76. The first-order chi connectivity index (χ1) is 12.4. The highest BCUT2D eigenvalue weighted by atomic mass is 127. The van der Waals surface area contributed by atoms with Crippen molar-refractivity contribution >= 4 is 29.9 Å². The Bertz CT molecular complexity index is 426. The lowest BCUT2D eigenvalue weighted by atomic mass is 10.0. The van der Waals surface area contributed by atoms with E-state index in [9.17, 15) is 0 Å². The summed E-state index contributed by atoms with van der Waals surface area (Å²) in [5.41, 5.74) is 0. The van der Waals surface area contributed by atoms with Crippen LogP contribution in [-0.4, -0.2) is 98.7 Å². The predicted molar refractivity (Wildman–Crippen MR) is 127 cm³/mol.